The molecule has 4 heterocycles. The highest BCUT2D eigenvalue weighted by molar-refractivity contribution is 7.27. The van der Waals surface area contributed by atoms with Gasteiger partial charge in [0, 0.05) is 59.3 Å². The zero-order chi connectivity index (χ0) is 32.8. The molecule has 50 heavy (non-hydrogen) atoms. The quantitative estimate of drug-likeness (QED) is 0.190. The zero-order valence-electron chi connectivity index (χ0n) is 26.7. The number of aromatic nitrogens is 4. The average molecular weight is 655 g/mol. The van der Waals surface area contributed by atoms with E-state index in [2.05, 4.69) is 144 Å². The Bertz CT molecular complexity index is 3170. The minimum atomic E-state index is 0.674. The van der Waals surface area contributed by atoms with Crippen molar-refractivity contribution in [3.8, 4) is 28.3 Å². The van der Waals surface area contributed by atoms with Crippen LogP contribution in [-0.4, -0.2) is 19.5 Å². The Morgan fingerprint density at radius 3 is 2.20 bits per heavy atom. The van der Waals surface area contributed by atoms with Gasteiger partial charge in [-0.1, -0.05) is 115 Å². The van der Waals surface area contributed by atoms with Gasteiger partial charge in [0.1, 0.15) is 11.2 Å². The van der Waals surface area contributed by atoms with Gasteiger partial charge in [-0.05, 0) is 52.6 Å². The molecule has 7 aromatic carbocycles. The van der Waals surface area contributed by atoms with Gasteiger partial charge in [0.2, 0.25) is 0 Å². The number of nitrogens with zero attached hydrogens (tertiary/aromatic N) is 4. The van der Waals surface area contributed by atoms with Crippen molar-refractivity contribution < 1.29 is 0 Å². The molecule has 0 aliphatic rings. The standard InChI is InChI=1S/C45H26N4S/c1-2-16-30-27(12-1)13-10-21-32(30)41-42-36(22-11-25-46-42)47-45(48-41)28-14-9-15-29(26-28)49-37-23-7-5-19-34(37)39-31-17-3-4-18-33(31)44-40(43(39)49)35-20-6-8-24-38(35)50-44/h1-26H. The van der Waals surface area contributed by atoms with E-state index in [0.29, 0.717) is 5.82 Å². The van der Waals surface area contributed by atoms with Crippen molar-refractivity contribution in [2.75, 3.05) is 0 Å². The number of pyridine rings is 1. The largest absolute Gasteiger partial charge is 0.309 e. The van der Waals surface area contributed by atoms with Crippen LogP contribution in [0.3, 0.4) is 0 Å². The van der Waals surface area contributed by atoms with E-state index in [4.69, 9.17) is 15.0 Å². The van der Waals surface area contributed by atoms with Crippen LogP contribution in [0.15, 0.2) is 158 Å². The molecule has 0 bridgehead atoms. The minimum Gasteiger partial charge on any atom is -0.309 e. The molecule has 0 radical (unpaired) electrons. The highest BCUT2D eigenvalue weighted by Crippen LogP contribution is 2.48. The number of thiophene rings is 1. The summed E-state index contributed by atoms with van der Waals surface area (Å²) in [4.78, 5) is 15.2. The van der Waals surface area contributed by atoms with Crippen molar-refractivity contribution >= 4 is 85.9 Å². The first-order valence-electron chi connectivity index (χ1n) is 16.8. The summed E-state index contributed by atoms with van der Waals surface area (Å²) in [5.41, 5.74) is 7.93. The molecule has 0 N–H and O–H groups in total. The third-order valence-corrected chi connectivity index (χ3v) is 11.2. The molecule has 4 aromatic heterocycles. The molecule has 0 aliphatic heterocycles. The molecule has 232 valence electrons. The number of hydrogen-bond donors (Lipinski definition) is 0. The normalized spacial score (nSPS) is 12.0. The second-order valence-corrected chi connectivity index (χ2v) is 13.8. The van der Waals surface area contributed by atoms with E-state index >= 15 is 0 Å². The Labute approximate surface area is 290 Å². The lowest BCUT2D eigenvalue weighted by molar-refractivity contribution is 1.17. The smallest absolute Gasteiger partial charge is 0.160 e. The maximum atomic E-state index is 5.28. The SMILES string of the molecule is c1cc(-c2nc(-c3cccc4ccccc34)c3ncccc3n2)cc(-n2c3ccccc3c3c4ccccc4c4sc5ccccc5c4c32)c1. The average Bonchev–Trinajstić information content (AvgIpc) is 3.74. The van der Waals surface area contributed by atoms with Gasteiger partial charge in [0.05, 0.1) is 16.6 Å². The molecule has 0 saturated carbocycles. The molecule has 0 atom stereocenters. The van der Waals surface area contributed by atoms with E-state index in [-0.39, 0.29) is 0 Å². The molecule has 11 rings (SSSR count). The molecule has 0 spiro atoms. The van der Waals surface area contributed by atoms with Crippen LogP contribution in [0.5, 0.6) is 0 Å². The van der Waals surface area contributed by atoms with Crippen LogP contribution in [0.1, 0.15) is 0 Å². The van der Waals surface area contributed by atoms with Crippen LogP contribution in [0.4, 0.5) is 0 Å². The summed E-state index contributed by atoms with van der Waals surface area (Å²) < 4.78 is 5.07. The lowest BCUT2D eigenvalue weighted by Crippen LogP contribution is -1.99. The molecule has 0 unspecified atom stereocenters. The Balaban J connectivity index is 1.22. The Kier molecular flexibility index (Phi) is 5.80. The fourth-order valence-corrected chi connectivity index (χ4v) is 9.13. The summed E-state index contributed by atoms with van der Waals surface area (Å²) in [6.07, 6.45) is 1.82. The number of fused-ring (bicyclic) bond motifs is 12. The van der Waals surface area contributed by atoms with E-state index in [1.54, 1.807) is 0 Å². The van der Waals surface area contributed by atoms with Crippen LogP contribution in [0.25, 0.3) is 103 Å². The van der Waals surface area contributed by atoms with Crippen LogP contribution >= 0.6 is 11.3 Å². The molecular weight excluding hydrogens is 629 g/mol. The van der Waals surface area contributed by atoms with E-state index in [9.17, 15) is 0 Å². The molecule has 11 aromatic rings. The number of benzene rings is 7. The molecule has 0 aliphatic carbocycles. The predicted molar refractivity (Wildman–Crippen MR) is 210 cm³/mol. The maximum Gasteiger partial charge on any atom is 0.160 e. The number of hydrogen-bond acceptors (Lipinski definition) is 4. The van der Waals surface area contributed by atoms with Gasteiger partial charge in [-0.25, -0.2) is 9.97 Å². The fraction of sp³-hybridized carbons (Fsp3) is 0. The van der Waals surface area contributed by atoms with E-state index < -0.39 is 0 Å². The molecule has 0 fully saturated rings. The van der Waals surface area contributed by atoms with Gasteiger partial charge in [-0.2, -0.15) is 0 Å². The summed E-state index contributed by atoms with van der Waals surface area (Å²) in [5.74, 6) is 0.674. The van der Waals surface area contributed by atoms with Gasteiger partial charge in [0.25, 0.3) is 0 Å². The Hall–Kier alpha value is -6.43. The summed E-state index contributed by atoms with van der Waals surface area (Å²) in [5, 5.41) is 9.99. The molecule has 4 nitrogen and oxygen atoms in total. The summed E-state index contributed by atoms with van der Waals surface area (Å²) in [7, 11) is 0. The first-order valence-corrected chi connectivity index (χ1v) is 17.6. The van der Waals surface area contributed by atoms with Gasteiger partial charge >= 0.3 is 0 Å². The van der Waals surface area contributed by atoms with Crippen LogP contribution < -0.4 is 0 Å². The third kappa shape index (κ3) is 3.89. The van der Waals surface area contributed by atoms with Crippen molar-refractivity contribution in [1.29, 1.82) is 0 Å². The third-order valence-electron chi connectivity index (χ3n) is 10.0. The summed E-state index contributed by atoms with van der Waals surface area (Å²) >= 11 is 1.88. The maximum absolute atomic E-state index is 5.28. The van der Waals surface area contributed by atoms with Gasteiger partial charge in [-0.15, -0.1) is 11.3 Å². The van der Waals surface area contributed by atoms with Crippen LogP contribution in [0, 0.1) is 0 Å². The van der Waals surface area contributed by atoms with Crippen molar-refractivity contribution in [2.24, 2.45) is 0 Å². The van der Waals surface area contributed by atoms with Crippen LogP contribution in [-0.2, 0) is 0 Å². The fourth-order valence-electron chi connectivity index (χ4n) is 7.89. The lowest BCUT2D eigenvalue weighted by Gasteiger charge is -2.13. The van der Waals surface area contributed by atoms with Crippen molar-refractivity contribution in [2.45, 2.75) is 0 Å². The molecule has 0 amide bonds. The highest BCUT2D eigenvalue weighted by Gasteiger charge is 2.22. The predicted octanol–water partition coefficient (Wildman–Crippen LogP) is 12.1. The second kappa shape index (κ2) is 10.5. The summed E-state index contributed by atoms with van der Waals surface area (Å²) in [6, 6.07) is 54.0. The van der Waals surface area contributed by atoms with Crippen molar-refractivity contribution in [3.05, 3.63) is 158 Å². The van der Waals surface area contributed by atoms with Crippen molar-refractivity contribution in [3.63, 3.8) is 0 Å². The minimum absolute atomic E-state index is 0.674. The highest BCUT2D eigenvalue weighted by atomic mass is 32.1. The lowest BCUT2D eigenvalue weighted by atomic mass is 10.00. The second-order valence-electron chi connectivity index (χ2n) is 12.8. The Morgan fingerprint density at radius 1 is 0.540 bits per heavy atom. The van der Waals surface area contributed by atoms with E-state index in [1.165, 1.54) is 58.1 Å². The number of rotatable bonds is 3. The van der Waals surface area contributed by atoms with E-state index in [0.717, 1.165) is 38.9 Å². The van der Waals surface area contributed by atoms with Crippen molar-refractivity contribution in [1.82, 2.24) is 19.5 Å². The van der Waals surface area contributed by atoms with Crippen LogP contribution in [0.2, 0.25) is 0 Å². The topological polar surface area (TPSA) is 43.6 Å². The Morgan fingerprint density at radius 2 is 1.28 bits per heavy atom. The first kappa shape index (κ1) is 27.5. The molecular formula is C45H26N4S. The molecule has 5 heteroatoms. The van der Waals surface area contributed by atoms with Gasteiger partial charge in [0.15, 0.2) is 5.82 Å². The van der Waals surface area contributed by atoms with Gasteiger partial charge < -0.3 is 4.57 Å². The first-order chi connectivity index (χ1) is 24.8. The van der Waals surface area contributed by atoms with E-state index in [1.807, 2.05) is 29.7 Å². The zero-order valence-corrected chi connectivity index (χ0v) is 27.5. The van der Waals surface area contributed by atoms with Gasteiger partial charge in [-0.3, -0.25) is 4.98 Å². The number of para-hydroxylation sites is 1. The monoisotopic (exact) mass is 654 g/mol. The summed E-state index contributed by atoms with van der Waals surface area (Å²) in [6.45, 7) is 0. The molecule has 0 saturated heterocycles.